The number of hydrogen-bond donors (Lipinski definition) is 2. The highest BCUT2D eigenvalue weighted by Crippen LogP contribution is 2.18. The zero-order valence-electron chi connectivity index (χ0n) is 12.6. The van der Waals surface area contributed by atoms with Gasteiger partial charge in [0, 0.05) is 5.69 Å². The second-order valence-electron chi connectivity index (χ2n) is 4.57. The van der Waals surface area contributed by atoms with Crippen LogP contribution in [0.4, 0.5) is 5.69 Å². The van der Waals surface area contributed by atoms with Crippen molar-refractivity contribution in [3.63, 3.8) is 0 Å². The monoisotopic (exact) mass is 335 g/mol. The third-order valence-corrected chi connectivity index (χ3v) is 3.75. The molecule has 1 heterocycles. The predicted molar refractivity (Wildman–Crippen MR) is 88.1 cm³/mol. The van der Waals surface area contributed by atoms with Gasteiger partial charge in [0.15, 0.2) is 0 Å². The van der Waals surface area contributed by atoms with E-state index in [2.05, 4.69) is 5.32 Å². The Kier molecular flexibility index (Phi) is 6.10. The molecule has 0 saturated carbocycles. The highest BCUT2D eigenvalue weighted by molar-refractivity contribution is 7.99. The average Bonchev–Trinajstić information content (AvgIpc) is 2.99. The minimum absolute atomic E-state index is 0.0977. The van der Waals surface area contributed by atoms with Crippen LogP contribution in [0.25, 0.3) is 0 Å². The van der Waals surface area contributed by atoms with E-state index in [4.69, 9.17) is 14.3 Å². The van der Waals surface area contributed by atoms with E-state index in [0.717, 1.165) is 5.75 Å². The fraction of sp³-hybridized carbons (Fsp3) is 0.250. The van der Waals surface area contributed by atoms with Gasteiger partial charge in [0.2, 0.25) is 11.7 Å². The quantitative estimate of drug-likeness (QED) is 0.770. The van der Waals surface area contributed by atoms with Gasteiger partial charge in [-0.2, -0.15) is 0 Å². The Balaban J connectivity index is 1.75. The van der Waals surface area contributed by atoms with E-state index in [-0.39, 0.29) is 17.4 Å². The number of thioether (sulfide) groups is 1. The van der Waals surface area contributed by atoms with Crippen molar-refractivity contribution in [2.45, 2.75) is 12.7 Å². The number of hydrogen-bond acceptors (Lipinski definition) is 5. The standard InChI is InChI=1S/C16H17NO5S/c1-2-21-12-5-3-11(4-6-12)17-15(18)10-23-9-13-7-8-14(22-13)16(19)20/h3-8H,2,9-10H2,1H3,(H,17,18)(H,19,20). The first-order valence-electron chi connectivity index (χ1n) is 7.01. The molecular formula is C16H17NO5S. The summed E-state index contributed by atoms with van der Waals surface area (Å²) in [5.74, 6) is 0.631. The molecule has 2 aromatic rings. The first kappa shape index (κ1) is 17.0. The van der Waals surface area contributed by atoms with Crippen molar-refractivity contribution in [2.24, 2.45) is 0 Å². The topological polar surface area (TPSA) is 88.8 Å². The first-order valence-corrected chi connectivity index (χ1v) is 8.16. The Morgan fingerprint density at radius 3 is 2.57 bits per heavy atom. The molecule has 6 nitrogen and oxygen atoms in total. The SMILES string of the molecule is CCOc1ccc(NC(=O)CSCc2ccc(C(=O)O)o2)cc1. The lowest BCUT2D eigenvalue weighted by Gasteiger charge is -2.06. The van der Waals surface area contributed by atoms with Gasteiger partial charge in [-0.3, -0.25) is 4.79 Å². The average molecular weight is 335 g/mol. The van der Waals surface area contributed by atoms with E-state index in [0.29, 0.717) is 23.8 Å². The van der Waals surface area contributed by atoms with Crippen molar-refractivity contribution >= 4 is 29.3 Å². The molecule has 2 rings (SSSR count). The van der Waals surface area contributed by atoms with Crippen LogP contribution in [0, 0.1) is 0 Å². The maximum atomic E-state index is 11.8. The summed E-state index contributed by atoms with van der Waals surface area (Å²) < 4.78 is 10.4. The molecule has 0 fully saturated rings. The summed E-state index contributed by atoms with van der Waals surface area (Å²) in [5, 5.41) is 11.5. The molecule has 122 valence electrons. The number of carbonyl (C=O) groups is 2. The molecule has 7 heteroatoms. The highest BCUT2D eigenvalue weighted by Gasteiger charge is 2.09. The summed E-state index contributed by atoms with van der Waals surface area (Å²) in [5.41, 5.74) is 0.699. The molecule has 23 heavy (non-hydrogen) atoms. The van der Waals surface area contributed by atoms with Crippen LogP contribution < -0.4 is 10.1 Å². The summed E-state index contributed by atoms with van der Waals surface area (Å²) in [6.45, 7) is 2.50. The van der Waals surface area contributed by atoms with Crippen molar-refractivity contribution in [1.29, 1.82) is 0 Å². The minimum atomic E-state index is -1.10. The van der Waals surface area contributed by atoms with E-state index >= 15 is 0 Å². The maximum Gasteiger partial charge on any atom is 0.371 e. The molecule has 0 aliphatic heterocycles. The van der Waals surface area contributed by atoms with Gasteiger partial charge in [-0.25, -0.2) is 4.79 Å². The number of aromatic carboxylic acids is 1. The molecule has 0 bridgehead atoms. The number of rotatable bonds is 8. The van der Waals surface area contributed by atoms with Crippen molar-refractivity contribution in [3.8, 4) is 5.75 Å². The first-order chi connectivity index (χ1) is 11.1. The molecule has 2 N–H and O–H groups in total. The molecule has 0 spiro atoms. The van der Waals surface area contributed by atoms with Gasteiger partial charge < -0.3 is 19.6 Å². The van der Waals surface area contributed by atoms with Crippen LogP contribution >= 0.6 is 11.8 Å². The molecule has 0 aliphatic rings. The second-order valence-corrected chi connectivity index (χ2v) is 5.56. The summed E-state index contributed by atoms with van der Waals surface area (Å²) in [6.07, 6.45) is 0. The summed E-state index contributed by atoms with van der Waals surface area (Å²) in [4.78, 5) is 22.5. The Hall–Kier alpha value is -2.41. The smallest absolute Gasteiger partial charge is 0.371 e. The van der Waals surface area contributed by atoms with E-state index in [1.807, 2.05) is 6.92 Å². The van der Waals surface area contributed by atoms with Gasteiger partial charge in [0.05, 0.1) is 18.1 Å². The lowest BCUT2D eigenvalue weighted by molar-refractivity contribution is -0.113. The number of nitrogens with one attached hydrogen (secondary N) is 1. The molecule has 0 unspecified atom stereocenters. The lowest BCUT2D eigenvalue weighted by atomic mass is 10.3. The van der Waals surface area contributed by atoms with Gasteiger partial charge in [0.1, 0.15) is 11.5 Å². The third-order valence-electron chi connectivity index (χ3n) is 2.80. The van der Waals surface area contributed by atoms with Crippen LogP contribution in [0.5, 0.6) is 5.75 Å². The number of ether oxygens (including phenoxy) is 1. The van der Waals surface area contributed by atoms with Crippen LogP contribution in [0.2, 0.25) is 0 Å². The van der Waals surface area contributed by atoms with Gasteiger partial charge in [-0.1, -0.05) is 0 Å². The molecule has 0 radical (unpaired) electrons. The third kappa shape index (κ3) is 5.37. The molecule has 0 aliphatic carbocycles. The molecule has 1 aromatic heterocycles. The lowest BCUT2D eigenvalue weighted by Crippen LogP contribution is -2.14. The normalized spacial score (nSPS) is 10.3. The Bertz CT molecular complexity index is 665. The molecular weight excluding hydrogens is 318 g/mol. The number of carboxylic acids is 1. The Morgan fingerprint density at radius 2 is 1.96 bits per heavy atom. The Labute approximate surface area is 137 Å². The van der Waals surface area contributed by atoms with Gasteiger partial charge in [-0.15, -0.1) is 11.8 Å². The number of furan rings is 1. The van der Waals surface area contributed by atoms with Crippen molar-refractivity contribution in [1.82, 2.24) is 0 Å². The molecule has 1 aromatic carbocycles. The van der Waals surface area contributed by atoms with Crippen LogP contribution in [-0.2, 0) is 10.5 Å². The summed E-state index contributed by atoms with van der Waals surface area (Å²) in [6, 6.07) is 10.1. The molecule has 0 saturated heterocycles. The van der Waals surface area contributed by atoms with Crippen molar-refractivity contribution < 1.29 is 23.8 Å². The van der Waals surface area contributed by atoms with Gasteiger partial charge in [0.25, 0.3) is 0 Å². The molecule has 0 atom stereocenters. The zero-order chi connectivity index (χ0) is 16.7. The summed E-state index contributed by atoms with van der Waals surface area (Å²) in [7, 11) is 0. The number of amides is 1. The fourth-order valence-corrected chi connectivity index (χ4v) is 2.53. The maximum absolute atomic E-state index is 11.8. The largest absolute Gasteiger partial charge is 0.494 e. The van der Waals surface area contributed by atoms with E-state index in [1.54, 1.807) is 30.3 Å². The van der Waals surface area contributed by atoms with Crippen LogP contribution in [-0.4, -0.2) is 29.3 Å². The summed E-state index contributed by atoms with van der Waals surface area (Å²) >= 11 is 1.35. The van der Waals surface area contributed by atoms with Crippen LogP contribution in [0.3, 0.4) is 0 Å². The van der Waals surface area contributed by atoms with Crippen LogP contribution in [0.1, 0.15) is 23.2 Å². The fourth-order valence-electron chi connectivity index (χ4n) is 1.81. The number of carboxylic acid groups (broad SMARTS) is 1. The van der Waals surface area contributed by atoms with Gasteiger partial charge >= 0.3 is 5.97 Å². The van der Waals surface area contributed by atoms with Crippen molar-refractivity contribution in [2.75, 3.05) is 17.7 Å². The van der Waals surface area contributed by atoms with E-state index in [1.165, 1.54) is 17.8 Å². The number of carbonyl (C=O) groups excluding carboxylic acids is 1. The Morgan fingerprint density at radius 1 is 1.22 bits per heavy atom. The van der Waals surface area contributed by atoms with E-state index in [9.17, 15) is 9.59 Å². The number of benzene rings is 1. The minimum Gasteiger partial charge on any atom is -0.494 e. The second kappa shape index (κ2) is 8.28. The molecule has 1 amide bonds. The highest BCUT2D eigenvalue weighted by atomic mass is 32.2. The zero-order valence-corrected chi connectivity index (χ0v) is 13.4. The number of anilines is 1. The van der Waals surface area contributed by atoms with E-state index < -0.39 is 5.97 Å². The van der Waals surface area contributed by atoms with Crippen molar-refractivity contribution in [3.05, 3.63) is 47.9 Å². The van der Waals surface area contributed by atoms with Crippen LogP contribution in [0.15, 0.2) is 40.8 Å². The van der Waals surface area contributed by atoms with Gasteiger partial charge in [-0.05, 0) is 43.3 Å². The predicted octanol–water partition coefficient (Wildman–Crippen LogP) is 3.25.